The van der Waals surface area contributed by atoms with Crippen molar-refractivity contribution in [2.45, 2.75) is 26.2 Å². The Hall–Kier alpha value is -1.89. The summed E-state index contributed by atoms with van der Waals surface area (Å²) >= 11 is 0. The average molecular weight is 249 g/mol. The number of rotatable bonds is 2. The van der Waals surface area contributed by atoms with Crippen molar-refractivity contribution in [2.24, 2.45) is 5.92 Å². The summed E-state index contributed by atoms with van der Waals surface area (Å²) in [6.45, 7) is 6.70. The maximum Gasteiger partial charge on any atom is 0.0707 e. The van der Waals surface area contributed by atoms with Gasteiger partial charge in [-0.05, 0) is 36.1 Å². The largest absolute Gasteiger partial charge is 0.256 e. The maximum atomic E-state index is 4.54. The second kappa shape index (κ2) is 4.34. The monoisotopic (exact) mass is 249 g/mol. The summed E-state index contributed by atoms with van der Waals surface area (Å²) in [4.78, 5) is 4.54. The van der Waals surface area contributed by atoms with Crippen molar-refractivity contribution in [3.8, 4) is 11.3 Å². The summed E-state index contributed by atoms with van der Waals surface area (Å²) in [6.07, 6.45) is 6.48. The number of hydrogen-bond acceptors (Lipinski definition) is 1. The van der Waals surface area contributed by atoms with Crippen molar-refractivity contribution in [2.75, 3.05) is 0 Å². The van der Waals surface area contributed by atoms with Gasteiger partial charge >= 0.3 is 0 Å². The minimum absolute atomic E-state index is 0.141. The van der Waals surface area contributed by atoms with E-state index in [9.17, 15) is 0 Å². The Balaban J connectivity index is 2.16. The van der Waals surface area contributed by atoms with Crippen LogP contribution in [0.3, 0.4) is 0 Å². The van der Waals surface area contributed by atoms with Crippen molar-refractivity contribution in [1.29, 1.82) is 0 Å². The molecule has 2 aromatic rings. The predicted octanol–water partition coefficient (Wildman–Crippen LogP) is 4.52. The van der Waals surface area contributed by atoms with E-state index in [4.69, 9.17) is 0 Å². The first kappa shape index (κ1) is 12.2. The van der Waals surface area contributed by atoms with E-state index in [1.54, 1.807) is 0 Å². The second-order valence-electron chi connectivity index (χ2n) is 5.69. The van der Waals surface area contributed by atoms with E-state index in [-0.39, 0.29) is 5.41 Å². The minimum Gasteiger partial charge on any atom is -0.256 e. The Labute approximate surface area is 115 Å². The van der Waals surface area contributed by atoms with E-state index in [0.717, 1.165) is 5.69 Å². The van der Waals surface area contributed by atoms with E-state index >= 15 is 0 Å². The van der Waals surface area contributed by atoms with Crippen molar-refractivity contribution in [1.82, 2.24) is 4.98 Å². The highest BCUT2D eigenvalue weighted by molar-refractivity contribution is 5.67. The van der Waals surface area contributed by atoms with Gasteiger partial charge in [0.05, 0.1) is 5.69 Å². The molecule has 96 valence electrons. The first-order valence-electron chi connectivity index (χ1n) is 6.83. The molecule has 1 aliphatic rings. The zero-order chi connectivity index (χ0) is 13.5. The van der Waals surface area contributed by atoms with Gasteiger partial charge in [-0.15, -0.1) is 0 Å². The quantitative estimate of drug-likeness (QED) is 0.713. The van der Waals surface area contributed by atoms with Crippen LogP contribution < -0.4 is 0 Å². The molecule has 0 radical (unpaired) electrons. The van der Waals surface area contributed by atoms with E-state index < -0.39 is 0 Å². The SMILES string of the molecule is Cc1ccnc(-c2ccccc2C2(C)C=CC2C)c1. The normalized spacial score (nSPS) is 25.1. The number of aromatic nitrogens is 1. The molecular weight excluding hydrogens is 230 g/mol. The fourth-order valence-electron chi connectivity index (χ4n) is 2.77. The zero-order valence-corrected chi connectivity index (χ0v) is 11.7. The molecule has 1 aromatic carbocycles. The van der Waals surface area contributed by atoms with Gasteiger partial charge in [0.2, 0.25) is 0 Å². The molecule has 1 heteroatoms. The standard InChI is InChI=1S/C18H19N/c1-13-9-11-19-17(12-13)15-6-4-5-7-16(15)18(3)10-8-14(18)2/h4-12,14H,1-3H3. The highest BCUT2D eigenvalue weighted by Crippen LogP contribution is 2.45. The predicted molar refractivity (Wildman–Crippen MR) is 80.1 cm³/mol. The van der Waals surface area contributed by atoms with E-state index in [2.05, 4.69) is 68.2 Å². The van der Waals surface area contributed by atoms with Crippen LogP contribution in [0.25, 0.3) is 11.3 Å². The van der Waals surface area contributed by atoms with Gasteiger partial charge in [-0.3, -0.25) is 4.98 Å². The van der Waals surface area contributed by atoms with Gasteiger partial charge in [-0.25, -0.2) is 0 Å². The maximum absolute atomic E-state index is 4.54. The van der Waals surface area contributed by atoms with Crippen LogP contribution in [-0.2, 0) is 5.41 Å². The first-order chi connectivity index (χ1) is 9.11. The van der Waals surface area contributed by atoms with Gasteiger partial charge in [0.1, 0.15) is 0 Å². The van der Waals surface area contributed by atoms with Gasteiger partial charge in [0, 0.05) is 17.2 Å². The van der Waals surface area contributed by atoms with Gasteiger partial charge in [0.15, 0.2) is 0 Å². The summed E-state index contributed by atoms with van der Waals surface area (Å²) in [5.41, 5.74) is 5.10. The molecule has 0 fully saturated rings. The molecule has 1 nitrogen and oxygen atoms in total. The van der Waals surface area contributed by atoms with Gasteiger partial charge in [-0.1, -0.05) is 50.3 Å². The van der Waals surface area contributed by atoms with Crippen LogP contribution in [0.2, 0.25) is 0 Å². The van der Waals surface area contributed by atoms with Crippen LogP contribution >= 0.6 is 0 Å². The van der Waals surface area contributed by atoms with E-state index in [1.807, 2.05) is 12.3 Å². The lowest BCUT2D eigenvalue weighted by molar-refractivity contribution is 0.412. The summed E-state index contributed by atoms with van der Waals surface area (Å²) in [7, 11) is 0. The number of aryl methyl sites for hydroxylation is 1. The van der Waals surface area contributed by atoms with Crippen LogP contribution in [0.1, 0.15) is 25.0 Å². The Bertz CT molecular complexity index is 642. The molecule has 0 saturated heterocycles. The summed E-state index contributed by atoms with van der Waals surface area (Å²) in [6, 6.07) is 12.8. The first-order valence-corrected chi connectivity index (χ1v) is 6.83. The highest BCUT2D eigenvalue weighted by Gasteiger charge is 2.36. The fraction of sp³-hybridized carbons (Fsp3) is 0.278. The number of nitrogens with zero attached hydrogens (tertiary/aromatic N) is 1. The van der Waals surface area contributed by atoms with E-state index in [0.29, 0.717) is 5.92 Å². The van der Waals surface area contributed by atoms with Crippen molar-refractivity contribution in [3.63, 3.8) is 0 Å². The molecule has 1 heterocycles. The number of allylic oxidation sites excluding steroid dienone is 2. The zero-order valence-electron chi connectivity index (χ0n) is 11.7. The fourth-order valence-corrected chi connectivity index (χ4v) is 2.77. The Kier molecular flexibility index (Phi) is 2.78. The van der Waals surface area contributed by atoms with Gasteiger partial charge in [-0.2, -0.15) is 0 Å². The molecule has 2 unspecified atom stereocenters. The Morgan fingerprint density at radius 2 is 1.95 bits per heavy atom. The van der Waals surface area contributed by atoms with E-state index in [1.165, 1.54) is 16.7 Å². The molecule has 0 N–H and O–H groups in total. The molecule has 0 amide bonds. The Morgan fingerprint density at radius 1 is 1.16 bits per heavy atom. The summed E-state index contributed by atoms with van der Waals surface area (Å²) in [5, 5.41) is 0. The van der Waals surface area contributed by atoms with Crippen LogP contribution in [0.4, 0.5) is 0 Å². The van der Waals surface area contributed by atoms with Crippen LogP contribution in [0, 0.1) is 12.8 Å². The Morgan fingerprint density at radius 3 is 2.58 bits per heavy atom. The molecule has 0 aliphatic heterocycles. The van der Waals surface area contributed by atoms with Gasteiger partial charge in [0.25, 0.3) is 0 Å². The second-order valence-corrected chi connectivity index (χ2v) is 5.69. The molecule has 19 heavy (non-hydrogen) atoms. The molecule has 0 saturated carbocycles. The smallest absolute Gasteiger partial charge is 0.0707 e. The topological polar surface area (TPSA) is 12.9 Å². The van der Waals surface area contributed by atoms with Crippen molar-refractivity contribution >= 4 is 0 Å². The molecular formula is C18H19N. The van der Waals surface area contributed by atoms with Gasteiger partial charge < -0.3 is 0 Å². The van der Waals surface area contributed by atoms with Crippen LogP contribution in [-0.4, -0.2) is 4.98 Å². The molecule has 3 rings (SSSR count). The average Bonchev–Trinajstić information content (AvgIpc) is 2.45. The molecule has 2 atom stereocenters. The third-order valence-electron chi connectivity index (χ3n) is 4.38. The molecule has 0 spiro atoms. The van der Waals surface area contributed by atoms with Crippen LogP contribution in [0.5, 0.6) is 0 Å². The number of hydrogen-bond donors (Lipinski definition) is 0. The van der Waals surface area contributed by atoms with Crippen LogP contribution in [0.15, 0.2) is 54.7 Å². The van der Waals surface area contributed by atoms with Crippen molar-refractivity contribution in [3.05, 3.63) is 65.9 Å². The minimum atomic E-state index is 0.141. The molecule has 0 bridgehead atoms. The summed E-state index contributed by atoms with van der Waals surface area (Å²) in [5.74, 6) is 0.582. The molecule has 1 aliphatic carbocycles. The lowest BCUT2D eigenvalue weighted by Gasteiger charge is -2.40. The van der Waals surface area contributed by atoms with Crippen molar-refractivity contribution < 1.29 is 0 Å². The highest BCUT2D eigenvalue weighted by atomic mass is 14.7. The lowest BCUT2D eigenvalue weighted by Crippen LogP contribution is -2.34. The number of benzene rings is 1. The lowest BCUT2D eigenvalue weighted by atomic mass is 9.64. The third-order valence-corrected chi connectivity index (χ3v) is 4.38. The summed E-state index contributed by atoms with van der Waals surface area (Å²) < 4.78 is 0. The molecule has 1 aromatic heterocycles. The third kappa shape index (κ3) is 1.90. The number of pyridine rings is 1.